The molecule has 0 heterocycles. The summed E-state index contributed by atoms with van der Waals surface area (Å²) in [5, 5.41) is 5.37. The van der Waals surface area contributed by atoms with Gasteiger partial charge in [-0.15, -0.1) is 0 Å². The molecule has 2 aromatic carbocycles. The smallest absolute Gasteiger partial charge is 0.257 e. The van der Waals surface area contributed by atoms with E-state index in [4.69, 9.17) is 11.6 Å². The number of hydrogen-bond acceptors (Lipinski definition) is 4. The molecule has 0 aliphatic heterocycles. The van der Waals surface area contributed by atoms with Crippen molar-refractivity contribution in [2.75, 3.05) is 24.7 Å². The number of halogens is 1. The Morgan fingerprint density at radius 1 is 1.00 bits per heavy atom. The number of anilines is 2. The number of rotatable bonds is 5. The van der Waals surface area contributed by atoms with Crippen molar-refractivity contribution in [1.29, 1.82) is 0 Å². The summed E-state index contributed by atoms with van der Waals surface area (Å²) >= 11 is 6.06. The van der Waals surface area contributed by atoms with Crippen LogP contribution in [0.4, 0.5) is 11.4 Å². The van der Waals surface area contributed by atoms with E-state index in [1.165, 1.54) is 39.2 Å². The maximum Gasteiger partial charge on any atom is 0.257 e. The molecule has 0 unspecified atom stereocenters. The first-order valence-corrected chi connectivity index (χ1v) is 9.34. The second-order valence-electron chi connectivity index (χ2n) is 5.65. The molecule has 0 saturated carbocycles. The van der Waals surface area contributed by atoms with E-state index >= 15 is 0 Å². The van der Waals surface area contributed by atoms with Crippen LogP contribution in [0, 0.1) is 0 Å². The Labute approximate surface area is 157 Å². The van der Waals surface area contributed by atoms with Gasteiger partial charge in [0.05, 0.1) is 15.5 Å². The van der Waals surface area contributed by atoms with Gasteiger partial charge in [0.15, 0.2) is 0 Å². The lowest BCUT2D eigenvalue weighted by Crippen LogP contribution is -2.23. The lowest BCUT2D eigenvalue weighted by molar-refractivity contribution is -0.114. The summed E-state index contributed by atoms with van der Waals surface area (Å²) in [4.78, 5) is 23.6. The number of hydrogen-bond donors (Lipinski definition) is 2. The fraction of sp³-hybridized carbons (Fsp3) is 0.176. The lowest BCUT2D eigenvalue weighted by atomic mass is 10.2. The van der Waals surface area contributed by atoms with Crippen LogP contribution in [0.2, 0.25) is 5.02 Å². The van der Waals surface area contributed by atoms with Gasteiger partial charge in [0, 0.05) is 32.4 Å². The summed E-state index contributed by atoms with van der Waals surface area (Å²) in [5.41, 5.74) is 0.975. The third-order valence-electron chi connectivity index (χ3n) is 3.40. The fourth-order valence-electron chi connectivity index (χ4n) is 2.13. The van der Waals surface area contributed by atoms with E-state index in [0.717, 1.165) is 4.31 Å². The zero-order valence-corrected chi connectivity index (χ0v) is 16.0. The maximum absolute atomic E-state index is 12.5. The highest BCUT2D eigenvalue weighted by Crippen LogP contribution is 2.24. The van der Waals surface area contributed by atoms with Crippen molar-refractivity contribution in [2.45, 2.75) is 11.8 Å². The molecule has 0 saturated heterocycles. The minimum absolute atomic E-state index is 0.0273. The Kier molecular flexibility index (Phi) is 6.01. The molecule has 0 aromatic heterocycles. The molecular formula is C17H18ClN3O4S. The van der Waals surface area contributed by atoms with Gasteiger partial charge in [-0.3, -0.25) is 9.59 Å². The number of nitrogens with one attached hydrogen (secondary N) is 2. The lowest BCUT2D eigenvalue weighted by Gasteiger charge is -2.13. The topological polar surface area (TPSA) is 95.6 Å². The van der Waals surface area contributed by atoms with Crippen molar-refractivity contribution in [3.8, 4) is 0 Å². The SMILES string of the molecule is CC(=O)Nc1cccc(NC(=O)c2cc(S(=O)(=O)N(C)C)ccc2Cl)c1. The average Bonchev–Trinajstić information content (AvgIpc) is 2.54. The van der Waals surface area contributed by atoms with Gasteiger partial charge in [-0.1, -0.05) is 17.7 Å². The highest BCUT2D eigenvalue weighted by atomic mass is 35.5. The minimum Gasteiger partial charge on any atom is -0.326 e. The van der Waals surface area contributed by atoms with E-state index in [1.54, 1.807) is 24.3 Å². The summed E-state index contributed by atoms with van der Waals surface area (Å²) < 4.78 is 25.5. The monoisotopic (exact) mass is 395 g/mol. The van der Waals surface area contributed by atoms with E-state index in [9.17, 15) is 18.0 Å². The average molecular weight is 396 g/mol. The van der Waals surface area contributed by atoms with Crippen LogP contribution in [-0.4, -0.2) is 38.6 Å². The van der Waals surface area contributed by atoms with Gasteiger partial charge in [0.25, 0.3) is 5.91 Å². The zero-order chi connectivity index (χ0) is 19.5. The van der Waals surface area contributed by atoms with Crippen LogP contribution in [0.5, 0.6) is 0 Å². The fourth-order valence-corrected chi connectivity index (χ4v) is 3.26. The number of sulfonamides is 1. The van der Waals surface area contributed by atoms with Crippen LogP contribution in [0.25, 0.3) is 0 Å². The first kappa shape index (κ1) is 19.9. The Hall–Kier alpha value is -2.42. The molecule has 7 nitrogen and oxygen atoms in total. The van der Waals surface area contributed by atoms with Crippen molar-refractivity contribution < 1.29 is 18.0 Å². The van der Waals surface area contributed by atoms with Crippen LogP contribution in [0.15, 0.2) is 47.4 Å². The molecule has 2 aromatic rings. The molecule has 0 aliphatic rings. The second kappa shape index (κ2) is 7.86. The number of amides is 2. The third-order valence-corrected chi connectivity index (χ3v) is 5.54. The van der Waals surface area contributed by atoms with Gasteiger partial charge >= 0.3 is 0 Å². The number of carbonyl (C=O) groups excluding carboxylic acids is 2. The molecule has 0 atom stereocenters. The van der Waals surface area contributed by atoms with Crippen molar-refractivity contribution in [2.24, 2.45) is 0 Å². The number of nitrogens with zero attached hydrogens (tertiary/aromatic N) is 1. The van der Waals surface area contributed by atoms with Gasteiger partial charge in [-0.05, 0) is 36.4 Å². The summed E-state index contributed by atoms with van der Waals surface area (Å²) in [6.45, 7) is 1.38. The first-order chi connectivity index (χ1) is 12.1. The summed E-state index contributed by atoms with van der Waals surface area (Å²) in [5.74, 6) is -0.802. The van der Waals surface area contributed by atoms with E-state index in [-0.39, 0.29) is 21.4 Å². The molecule has 0 fully saturated rings. The van der Waals surface area contributed by atoms with Crippen LogP contribution in [0.3, 0.4) is 0 Å². The van der Waals surface area contributed by atoms with Crippen LogP contribution in [-0.2, 0) is 14.8 Å². The number of benzene rings is 2. The predicted molar refractivity (Wildman–Crippen MR) is 101 cm³/mol. The van der Waals surface area contributed by atoms with Gasteiger partial charge in [-0.2, -0.15) is 0 Å². The Morgan fingerprint density at radius 3 is 2.19 bits per heavy atom. The molecule has 2 N–H and O–H groups in total. The van der Waals surface area contributed by atoms with Crippen molar-refractivity contribution in [3.63, 3.8) is 0 Å². The van der Waals surface area contributed by atoms with Crippen molar-refractivity contribution in [3.05, 3.63) is 53.1 Å². The maximum atomic E-state index is 12.5. The number of carbonyl (C=O) groups is 2. The Balaban J connectivity index is 2.32. The minimum atomic E-state index is -3.70. The van der Waals surface area contributed by atoms with E-state index < -0.39 is 15.9 Å². The van der Waals surface area contributed by atoms with Crippen LogP contribution < -0.4 is 10.6 Å². The largest absolute Gasteiger partial charge is 0.326 e. The molecule has 2 amide bonds. The molecule has 9 heteroatoms. The molecular weight excluding hydrogens is 378 g/mol. The van der Waals surface area contributed by atoms with Crippen LogP contribution in [0.1, 0.15) is 17.3 Å². The summed E-state index contributed by atoms with van der Waals surface area (Å²) in [7, 11) is -0.896. The third kappa shape index (κ3) is 4.60. The van der Waals surface area contributed by atoms with Crippen molar-refractivity contribution in [1.82, 2.24) is 4.31 Å². The normalized spacial score (nSPS) is 11.3. The highest BCUT2D eigenvalue weighted by molar-refractivity contribution is 7.89. The van der Waals surface area contributed by atoms with E-state index in [1.807, 2.05) is 0 Å². The quantitative estimate of drug-likeness (QED) is 0.813. The molecule has 0 bridgehead atoms. The zero-order valence-electron chi connectivity index (χ0n) is 14.4. The summed E-state index contributed by atoms with van der Waals surface area (Å²) in [6, 6.07) is 10.5. The second-order valence-corrected chi connectivity index (χ2v) is 8.20. The molecule has 2 rings (SSSR count). The standard InChI is InChI=1S/C17H18ClN3O4S/c1-11(22)19-12-5-4-6-13(9-12)20-17(23)15-10-14(7-8-16(15)18)26(24,25)21(2)3/h4-10H,1-3H3,(H,19,22)(H,20,23). The molecule has 0 aliphatic carbocycles. The van der Waals surface area contributed by atoms with E-state index in [0.29, 0.717) is 11.4 Å². The molecule has 26 heavy (non-hydrogen) atoms. The van der Waals surface area contributed by atoms with Gasteiger partial charge in [-0.25, -0.2) is 12.7 Å². The predicted octanol–water partition coefficient (Wildman–Crippen LogP) is 2.80. The van der Waals surface area contributed by atoms with Gasteiger partial charge in [0.2, 0.25) is 15.9 Å². The van der Waals surface area contributed by atoms with E-state index in [2.05, 4.69) is 10.6 Å². The Bertz CT molecular complexity index is 958. The summed E-state index contributed by atoms with van der Waals surface area (Å²) in [6.07, 6.45) is 0. The van der Waals surface area contributed by atoms with Crippen LogP contribution >= 0.6 is 11.6 Å². The molecule has 0 radical (unpaired) electrons. The van der Waals surface area contributed by atoms with Gasteiger partial charge in [0.1, 0.15) is 0 Å². The highest BCUT2D eigenvalue weighted by Gasteiger charge is 2.21. The molecule has 138 valence electrons. The van der Waals surface area contributed by atoms with Gasteiger partial charge < -0.3 is 10.6 Å². The van der Waals surface area contributed by atoms with Crippen molar-refractivity contribution >= 4 is 44.8 Å². The Morgan fingerprint density at radius 2 is 1.62 bits per heavy atom. The first-order valence-electron chi connectivity index (χ1n) is 7.52. The molecule has 0 spiro atoms.